The fourth-order valence-electron chi connectivity index (χ4n) is 3.52. The molecule has 0 radical (unpaired) electrons. The van der Waals surface area contributed by atoms with Crippen LogP contribution >= 0.6 is 0 Å². The second-order valence-corrected chi connectivity index (χ2v) is 7.44. The molecule has 1 aromatic carbocycles. The molecular formula is C22H30N4O3. The lowest BCUT2D eigenvalue weighted by molar-refractivity contribution is -0.385. The number of ether oxygens (including phenoxy) is 1. The highest BCUT2D eigenvalue weighted by atomic mass is 16.6. The van der Waals surface area contributed by atoms with E-state index in [0.29, 0.717) is 5.82 Å². The molecule has 0 spiro atoms. The molecule has 0 amide bonds. The molecule has 7 heteroatoms. The minimum Gasteiger partial charge on any atom is -0.494 e. The van der Waals surface area contributed by atoms with Crippen molar-refractivity contribution in [3.05, 3.63) is 58.3 Å². The minimum atomic E-state index is -0.446. The Labute approximate surface area is 172 Å². The van der Waals surface area contributed by atoms with Gasteiger partial charge in [0.2, 0.25) is 0 Å². The van der Waals surface area contributed by atoms with Crippen molar-refractivity contribution >= 4 is 11.5 Å². The molecule has 1 aliphatic heterocycles. The molecule has 29 heavy (non-hydrogen) atoms. The van der Waals surface area contributed by atoms with Gasteiger partial charge in [-0.25, -0.2) is 4.98 Å². The molecular weight excluding hydrogens is 368 g/mol. The van der Waals surface area contributed by atoms with Crippen LogP contribution < -0.4 is 10.1 Å². The molecule has 3 rings (SSSR count). The predicted octanol–water partition coefficient (Wildman–Crippen LogP) is 4.29. The highest BCUT2D eigenvalue weighted by molar-refractivity contribution is 5.40. The summed E-state index contributed by atoms with van der Waals surface area (Å²) in [6, 6.07) is 11.4. The number of hydrogen-bond acceptors (Lipinski definition) is 6. The zero-order valence-corrected chi connectivity index (χ0v) is 16.9. The van der Waals surface area contributed by atoms with E-state index in [0.717, 1.165) is 44.7 Å². The van der Waals surface area contributed by atoms with Gasteiger partial charge in [-0.05, 0) is 69.0 Å². The lowest BCUT2D eigenvalue weighted by Crippen LogP contribution is -2.31. The van der Waals surface area contributed by atoms with Gasteiger partial charge >= 0.3 is 0 Å². The highest BCUT2D eigenvalue weighted by Crippen LogP contribution is 2.15. The average Bonchev–Trinajstić information content (AvgIpc) is 2.76. The normalized spacial score (nSPS) is 14.5. The Hall–Kier alpha value is -2.67. The van der Waals surface area contributed by atoms with Gasteiger partial charge in [0.05, 0.1) is 11.5 Å². The number of anilines is 1. The molecule has 1 N–H and O–H groups in total. The molecule has 1 saturated heterocycles. The van der Waals surface area contributed by atoms with E-state index in [1.165, 1.54) is 50.2 Å². The van der Waals surface area contributed by atoms with E-state index in [9.17, 15) is 10.1 Å². The zero-order valence-electron chi connectivity index (χ0n) is 16.9. The van der Waals surface area contributed by atoms with Crippen LogP contribution in [0.5, 0.6) is 5.75 Å². The van der Waals surface area contributed by atoms with Gasteiger partial charge in [0, 0.05) is 19.2 Å². The second-order valence-electron chi connectivity index (χ2n) is 7.44. The van der Waals surface area contributed by atoms with Crippen LogP contribution in [0.25, 0.3) is 0 Å². The largest absolute Gasteiger partial charge is 0.494 e. The Bertz CT molecular complexity index is 744. The molecule has 0 atom stereocenters. The van der Waals surface area contributed by atoms with Crippen molar-refractivity contribution in [1.82, 2.24) is 9.88 Å². The van der Waals surface area contributed by atoms with Crippen LogP contribution in [0.4, 0.5) is 11.5 Å². The molecule has 0 aliphatic carbocycles. The summed E-state index contributed by atoms with van der Waals surface area (Å²) >= 11 is 0. The molecule has 1 fully saturated rings. The van der Waals surface area contributed by atoms with Gasteiger partial charge in [-0.1, -0.05) is 18.6 Å². The molecule has 0 bridgehead atoms. The lowest BCUT2D eigenvalue weighted by atomic mass is 10.1. The predicted molar refractivity (Wildman–Crippen MR) is 115 cm³/mol. The molecule has 2 aromatic rings. The zero-order chi connectivity index (χ0) is 20.3. The summed E-state index contributed by atoms with van der Waals surface area (Å²) < 4.78 is 5.87. The maximum Gasteiger partial charge on any atom is 0.287 e. The number of pyridine rings is 1. The molecule has 0 unspecified atom stereocenters. The maximum atomic E-state index is 10.6. The summed E-state index contributed by atoms with van der Waals surface area (Å²) in [6.45, 7) is 5.14. The van der Waals surface area contributed by atoms with Gasteiger partial charge in [0.15, 0.2) is 0 Å². The van der Waals surface area contributed by atoms with Crippen molar-refractivity contribution in [2.75, 3.05) is 38.1 Å². The summed E-state index contributed by atoms with van der Waals surface area (Å²) in [5.74, 6) is 1.59. The number of benzene rings is 1. The monoisotopic (exact) mass is 398 g/mol. The first-order valence-corrected chi connectivity index (χ1v) is 10.5. The summed E-state index contributed by atoms with van der Waals surface area (Å²) in [5.41, 5.74) is 1.27. The number of hydrogen-bond donors (Lipinski definition) is 1. The fraction of sp³-hybridized carbons (Fsp3) is 0.500. The van der Waals surface area contributed by atoms with Crippen molar-refractivity contribution in [2.24, 2.45) is 0 Å². The Morgan fingerprint density at radius 1 is 1.07 bits per heavy atom. The number of aromatic nitrogens is 1. The number of nitro groups is 1. The highest BCUT2D eigenvalue weighted by Gasteiger charge is 2.09. The Morgan fingerprint density at radius 3 is 2.55 bits per heavy atom. The van der Waals surface area contributed by atoms with Gasteiger partial charge in [0.1, 0.15) is 17.8 Å². The third kappa shape index (κ3) is 7.34. The first-order valence-electron chi connectivity index (χ1n) is 10.5. The summed E-state index contributed by atoms with van der Waals surface area (Å²) in [5, 5.41) is 13.8. The van der Waals surface area contributed by atoms with Crippen LogP contribution in [0.15, 0.2) is 42.6 Å². The Balaban J connectivity index is 1.29. The van der Waals surface area contributed by atoms with Crippen LogP contribution in [-0.2, 0) is 6.42 Å². The topological polar surface area (TPSA) is 80.5 Å². The number of likely N-dealkylation sites (tertiary alicyclic amines) is 1. The SMILES string of the molecule is O=[N+]([O-])c1ccc(NCCCc2ccc(OCCCN3CCCCC3)cc2)nc1. The Morgan fingerprint density at radius 2 is 1.86 bits per heavy atom. The number of aryl methyl sites for hydroxylation is 1. The van der Waals surface area contributed by atoms with Crippen molar-refractivity contribution in [2.45, 2.75) is 38.5 Å². The first kappa shape index (κ1) is 21.0. The molecule has 1 aromatic heterocycles. The standard InChI is InChI=1S/C22H30N4O3/c27-26(28)20-9-12-22(24-18-20)23-13-4-6-19-7-10-21(11-8-19)29-17-5-16-25-14-2-1-3-15-25/h7-12,18H,1-6,13-17H2,(H,23,24). The van der Waals surface area contributed by atoms with Crippen molar-refractivity contribution in [3.8, 4) is 5.75 Å². The van der Waals surface area contributed by atoms with Crippen LogP contribution in [0.3, 0.4) is 0 Å². The van der Waals surface area contributed by atoms with E-state index in [-0.39, 0.29) is 5.69 Å². The van der Waals surface area contributed by atoms with Crippen LogP contribution in [0.2, 0.25) is 0 Å². The van der Waals surface area contributed by atoms with E-state index in [2.05, 4.69) is 27.3 Å². The van der Waals surface area contributed by atoms with Crippen molar-refractivity contribution < 1.29 is 9.66 Å². The molecule has 2 heterocycles. The van der Waals surface area contributed by atoms with Gasteiger partial charge < -0.3 is 15.0 Å². The maximum absolute atomic E-state index is 10.6. The van der Waals surface area contributed by atoms with E-state index in [4.69, 9.17) is 4.74 Å². The number of piperidine rings is 1. The third-order valence-electron chi connectivity index (χ3n) is 5.17. The third-order valence-corrected chi connectivity index (χ3v) is 5.17. The van der Waals surface area contributed by atoms with E-state index in [1.807, 2.05) is 12.1 Å². The van der Waals surface area contributed by atoms with Crippen molar-refractivity contribution in [1.29, 1.82) is 0 Å². The van der Waals surface area contributed by atoms with Crippen molar-refractivity contribution in [3.63, 3.8) is 0 Å². The molecule has 7 nitrogen and oxygen atoms in total. The number of rotatable bonds is 11. The average molecular weight is 399 g/mol. The van der Waals surface area contributed by atoms with E-state index in [1.54, 1.807) is 6.07 Å². The number of nitrogens with zero attached hydrogens (tertiary/aromatic N) is 3. The van der Waals surface area contributed by atoms with Crippen LogP contribution in [-0.4, -0.2) is 47.6 Å². The van der Waals surface area contributed by atoms with E-state index < -0.39 is 4.92 Å². The first-order chi connectivity index (χ1) is 14.2. The smallest absolute Gasteiger partial charge is 0.287 e. The second kappa shape index (κ2) is 11.4. The van der Waals surface area contributed by atoms with Gasteiger partial charge in [-0.15, -0.1) is 0 Å². The van der Waals surface area contributed by atoms with Gasteiger partial charge in [0.25, 0.3) is 5.69 Å². The molecule has 1 aliphatic rings. The quantitative estimate of drug-likeness (QED) is 0.345. The fourth-order valence-corrected chi connectivity index (χ4v) is 3.52. The van der Waals surface area contributed by atoms with Crippen LogP contribution in [0.1, 0.15) is 37.7 Å². The number of nitrogens with one attached hydrogen (secondary N) is 1. The Kier molecular flexibility index (Phi) is 8.25. The van der Waals surface area contributed by atoms with Crippen LogP contribution in [0, 0.1) is 10.1 Å². The van der Waals surface area contributed by atoms with Gasteiger partial charge in [-0.3, -0.25) is 10.1 Å². The lowest BCUT2D eigenvalue weighted by Gasteiger charge is -2.26. The summed E-state index contributed by atoms with van der Waals surface area (Å²) in [4.78, 5) is 16.8. The molecule has 0 saturated carbocycles. The summed E-state index contributed by atoms with van der Waals surface area (Å²) in [6.07, 6.45) is 8.30. The summed E-state index contributed by atoms with van der Waals surface area (Å²) in [7, 11) is 0. The minimum absolute atomic E-state index is 0.00403. The van der Waals surface area contributed by atoms with Gasteiger partial charge in [-0.2, -0.15) is 0 Å². The molecule has 156 valence electrons. The van der Waals surface area contributed by atoms with E-state index >= 15 is 0 Å².